The Labute approximate surface area is 121 Å². The normalized spacial score (nSPS) is 13.3. The van der Waals surface area contributed by atoms with E-state index in [1.807, 2.05) is 12.1 Å². The fourth-order valence-corrected chi connectivity index (χ4v) is 2.60. The van der Waals surface area contributed by atoms with Crippen LogP contribution < -0.4 is 10.6 Å². The Hall–Kier alpha value is -2.43. The maximum absolute atomic E-state index is 13.2. The molecule has 1 aliphatic heterocycles. The van der Waals surface area contributed by atoms with Crippen molar-refractivity contribution in [3.8, 4) is 0 Å². The molecule has 0 bridgehead atoms. The molecule has 0 aromatic heterocycles. The van der Waals surface area contributed by atoms with E-state index in [1.54, 1.807) is 11.0 Å². The van der Waals surface area contributed by atoms with E-state index in [1.165, 1.54) is 6.07 Å². The van der Waals surface area contributed by atoms with Crippen molar-refractivity contribution in [3.05, 3.63) is 59.2 Å². The molecule has 0 saturated heterocycles. The average Bonchev–Trinajstić information content (AvgIpc) is 2.85. The minimum atomic E-state index is -0.935. The van der Waals surface area contributed by atoms with Crippen LogP contribution in [0.4, 0.5) is 20.2 Å². The van der Waals surface area contributed by atoms with Crippen molar-refractivity contribution < 1.29 is 13.6 Å². The number of carbonyl (C=O) groups excluding carboxylic acids is 1. The molecule has 0 fully saturated rings. The predicted molar refractivity (Wildman–Crippen MR) is 77.0 cm³/mol. The highest BCUT2D eigenvalue weighted by Gasteiger charge is 2.24. The second-order valence-corrected chi connectivity index (χ2v) is 5.11. The van der Waals surface area contributed by atoms with E-state index in [4.69, 9.17) is 5.73 Å². The van der Waals surface area contributed by atoms with Gasteiger partial charge in [-0.3, -0.25) is 4.79 Å². The molecule has 1 aliphatic rings. The summed E-state index contributed by atoms with van der Waals surface area (Å²) in [6.45, 7) is 0.585. The molecule has 2 N–H and O–H groups in total. The van der Waals surface area contributed by atoms with Crippen molar-refractivity contribution in [2.24, 2.45) is 0 Å². The predicted octanol–water partition coefficient (Wildman–Crippen LogP) is 2.68. The van der Waals surface area contributed by atoms with Crippen LogP contribution in [0.2, 0.25) is 0 Å². The van der Waals surface area contributed by atoms with Gasteiger partial charge in [0.05, 0.1) is 6.42 Å². The standard InChI is InChI=1S/C16H14F2N2O/c17-13-3-1-10(7-14(13)18)8-16(21)20-6-5-11-9-12(19)2-4-15(11)20/h1-4,7,9H,5-6,8,19H2. The van der Waals surface area contributed by atoms with Gasteiger partial charge in [-0.05, 0) is 47.9 Å². The summed E-state index contributed by atoms with van der Waals surface area (Å²) < 4.78 is 26.1. The van der Waals surface area contributed by atoms with E-state index >= 15 is 0 Å². The number of carbonyl (C=O) groups is 1. The molecule has 0 radical (unpaired) electrons. The summed E-state index contributed by atoms with van der Waals surface area (Å²) in [6, 6.07) is 8.96. The smallest absolute Gasteiger partial charge is 0.231 e. The zero-order valence-electron chi connectivity index (χ0n) is 11.3. The van der Waals surface area contributed by atoms with Gasteiger partial charge in [-0.2, -0.15) is 0 Å². The highest BCUT2D eigenvalue weighted by Crippen LogP contribution is 2.30. The molecule has 21 heavy (non-hydrogen) atoms. The Morgan fingerprint density at radius 1 is 1.14 bits per heavy atom. The number of nitrogen functional groups attached to an aromatic ring is 1. The lowest BCUT2D eigenvalue weighted by Gasteiger charge is -2.17. The third-order valence-electron chi connectivity index (χ3n) is 3.64. The Kier molecular flexibility index (Phi) is 3.33. The first-order chi connectivity index (χ1) is 10.0. The van der Waals surface area contributed by atoms with Crippen LogP contribution in [0.3, 0.4) is 0 Å². The zero-order chi connectivity index (χ0) is 15.0. The van der Waals surface area contributed by atoms with Gasteiger partial charge in [-0.15, -0.1) is 0 Å². The maximum Gasteiger partial charge on any atom is 0.231 e. The third kappa shape index (κ3) is 2.59. The number of halogens is 2. The van der Waals surface area contributed by atoms with Gasteiger partial charge in [0.15, 0.2) is 11.6 Å². The number of nitrogens with zero attached hydrogens (tertiary/aromatic N) is 1. The number of hydrogen-bond donors (Lipinski definition) is 1. The molecule has 0 saturated carbocycles. The molecule has 3 nitrogen and oxygen atoms in total. The van der Waals surface area contributed by atoms with Crippen LogP contribution in [0.1, 0.15) is 11.1 Å². The van der Waals surface area contributed by atoms with Gasteiger partial charge in [0.25, 0.3) is 0 Å². The Balaban J connectivity index is 1.80. The van der Waals surface area contributed by atoms with E-state index in [0.717, 1.165) is 29.8 Å². The highest BCUT2D eigenvalue weighted by molar-refractivity contribution is 5.97. The van der Waals surface area contributed by atoms with Crippen LogP contribution in [0.25, 0.3) is 0 Å². The van der Waals surface area contributed by atoms with Gasteiger partial charge in [-0.25, -0.2) is 8.78 Å². The van der Waals surface area contributed by atoms with Gasteiger partial charge in [0.2, 0.25) is 5.91 Å². The lowest BCUT2D eigenvalue weighted by molar-refractivity contribution is -0.117. The molecule has 1 amide bonds. The average molecular weight is 288 g/mol. The summed E-state index contributed by atoms with van der Waals surface area (Å²) in [5.41, 5.74) is 8.74. The van der Waals surface area contributed by atoms with Gasteiger partial charge in [0.1, 0.15) is 0 Å². The summed E-state index contributed by atoms with van der Waals surface area (Å²) in [5.74, 6) is -1.98. The first-order valence-corrected chi connectivity index (χ1v) is 6.67. The molecule has 1 heterocycles. The van der Waals surface area contributed by atoms with Crippen molar-refractivity contribution in [2.75, 3.05) is 17.2 Å². The summed E-state index contributed by atoms with van der Waals surface area (Å²) in [5, 5.41) is 0. The monoisotopic (exact) mass is 288 g/mol. The van der Waals surface area contributed by atoms with E-state index in [2.05, 4.69) is 0 Å². The number of amides is 1. The number of anilines is 2. The molecule has 0 spiro atoms. The first-order valence-electron chi connectivity index (χ1n) is 6.67. The Bertz CT molecular complexity index is 715. The van der Waals surface area contributed by atoms with Gasteiger partial charge < -0.3 is 10.6 Å². The number of nitrogens with two attached hydrogens (primary N) is 1. The van der Waals surface area contributed by atoms with Crippen molar-refractivity contribution in [1.82, 2.24) is 0 Å². The minimum absolute atomic E-state index is 0.0427. The molecule has 5 heteroatoms. The third-order valence-corrected chi connectivity index (χ3v) is 3.64. The van der Waals surface area contributed by atoms with Crippen LogP contribution in [-0.2, 0) is 17.6 Å². The van der Waals surface area contributed by atoms with Crippen LogP contribution in [0, 0.1) is 11.6 Å². The summed E-state index contributed by atoms with van der Waals surface area (Å²) in [6.07, 6.45) is 0.797. The molecular weight excluding hydrogens is 274 g/mol. The fourth-order valence-electron chi connectivity index (χ4n) is 2.60. The van der Waals surface area contributed by atoms with Crippen LogP contribution in [0.5, 0.6) is 0 Å². The van der Waals surface area contributed by atoms with Crippen molar-refractivity contribution in [1.29, 1.82) is 0 Å². The number of rotatable bonds is 2. The lowest BCUT2D eigenvalue weighted by Crippen LogP contribution is -2.30. The molecule has 2 aromatic rings. The van der Waals surface area contributed by atoms with Crippen LogP contribution in [0.15, 0.2) is 36.4 Å². The Morgan fingerprint density at radius 2 is 1.95 bits per heavy atom. The molecular formula is C16H14F2N2O. The second-order valence-electron chi connectivity index (χ2n) is 5.11. The first kappa shape index (κ1) is 13.5. The van der Waals surface area contributed by atoms with Gasteiger partial charge >= 0.3 is 0 Å². The molecule has 108 valence electrons. The molecule has 0 aliphatic carbocycles. The molecule has 0 atom stereocenters. The summed E-state index contributed by atoms with van der Waals surface area (Å²) in [4.78, 5) is 14.0. The SMILES string of the molecule is Nc1ccc2c(c1)CCN2C(=O)Cc1ccc(F)c(F)c1. The summed E-state index contributed by atoms with van der Waals surface area (Å²) >= 11 is 0. The van der Waals surface area contributed by atoms with Crippen molar-refractivity contribution >= 4 is 17.3 Å². The largest absolute Gasteiger partial charge is 0.399 e. The molecule has 3 rings (SSSR count). The minimum Gasteiger partial charge on any atom is -0.399 e. The van der Waals surface area contributed by atoms with E-state index in [0.29, 0.717) is 17.8 Å². The maximum atomic E-state index is 13.2. The van der Waals surface area contributed by atoms with E-state index in [-0.39, 0.29) is 12.3 Å². The summed E-state index contributed by atoms with van der Waals surface area (Å²) in [7, 11) is 0. The highest BCUT2D eigenvalue weighted by atomic mass is 19.2. The van der Waals surface area contributed by atoms with Crippen LogP contribution in [-0.4, -0.2) is 12.5 Å². The van der Waals surface area contributed by atoms with Crippen LogP contribution >= 0.6 is 0 Å². The number of fused-ring (bicyclic) bond motifs is 1. The molecule has 2 aromatic carbocycles. The zero-order valence-corrected chi connectivity index (χ0v) is 11.3. The van der Waals surface area contributed by atoms with E-state index < -0.39 is 11.6 Å². The second kappa shape index (κ2) is 5.16. The quantitative estimate of drug-likeness (QED) is 0.864. The number of benzene rings is 2. The molecule has 0 unspecified atom stereocenters. The van der Waals surface area contributed by atoms with Crippen molar-refractivity contribution in [3.63, 3.8) is 0 Å². The number of hydrogen-bond acceptors (Lipinski definition) is 2. The van der Waals surface area contributed by atoms with E-state index in [9.17, 15) is 13.6 Å². The lowest BCUT2D eigenvalue weighted by atomic mass is 10.1. The topological polar surface area (TPSA) is 46.3 Å². The Morgan fingerprint density at radius 3 is 2.71 bits per heavy atom. The van der Waals surface area contributed by atoms with Crippen molar-refractivity contribution in [2.45, 2.75) is 12.8 Å². The fraction of sp³-hybridized carbons (Fsp3) is 0.188. The van der Waals surface area contributed by atoms with Gasteiger partial charge in [-0.1, -0.05) is 6.07 Å². The van der Waals surface area contributed by atoms with Gasteiger partial charge in [0, 0.05) is 17.9 Å².